The van der Waals surface area contributed by atoms with Gasteiger partial charge in [0.05, 0.1) is 35.9 Å². The van der Waals surface area contributed by atoms with Crippen LogP contribution in [0.2, 0.25) is 0 Å². The summed E-state index contributed by atoms with van der Waals surface area (Å²) in [5.41, 5.74) is 3.51. The number of ether oxygens (including phenoxy) is 3. The van der Waals surface area contributed by atoms with Crippen molar-refractivity contribution in [1.29, 1.82) is 0 Å². The summed E-state index contributed by atoms with van der Waals surface area (Å²) in [5, 5.41) is 18.1. The number of hydrogen-bond acceptors (Lipinski definition) is 10. The van der Waals surface area contributed by atoms with Crippen molar-refractivity contribution in [2.75, 3.05) is 37.0 Å². The number of aryl methyl sites for hydroxylation is 1. The van der Waals surface area contributed by atoms with Gasteiger partial charge in [-0.3, -0.25) is 24.0 Å². The zero-order valence-electron chi connectivity index (χ0n) is 25.6. The molecule has 0 saturated carbocycles. The van der Waals surface area contributed by atoms with Gasteiger partial charge in [0.1, 0.15) is 23.8 Å². The monoisotopic (exact) mass is 661 g/mol. The number of hydrogen-bond donors (Lipinski definition) is 2. The minimum absolute atomic E-state index is 0.126. The fourth-order valence-corrected chi connectivity index (χ4v) is 5.59. The van der Waals surface area contributed by atoms with Crippen LogP contribution < -0.4 is 29.3 Å². The summed E-state index contributed by atoms with van der Waals surface area (Å²) in [7, 11) is -1.43. The second-order valence-corrected chi connectivity index (χ2v) is 11.7. The first-order valence-electron chi connectivity index (χ1n) is 13.9. The number of sulfonamides is 1. The molecular formula is C32H31N5O9S. The van der Waals surface area contributed by atoms with Crippen LogP contribution in [-0.2, 0) is 19.6 Å². The van der Waals surface area contributed by atoms with E-state index in [0.29, 0.717) is 28.5 Å². The number of nitrogens with one attached hydrogen (secondary N) is 2. The van der Waals surface area contributed by atoms with Crippen molar-refractivity contribution < 1.29 is 37.1 Å². The molecule has 2 N–H and O–H groups in total. The van der Waals surface area contributed by atoms with Gasteiger partial charge in [-0.2, -0.15) is 5.10 Å². The van der Waals surface area contributed by atoms with Crippen molar-refractivity contribution in [2.24, 2.45) is 5.10 Å². The Labute approximate surface area is 270 Å². The molecule has 0 atom stereocenters. The highest BCUT2D eigenvalue weighted by atomic mass is 32.2. The minimum Gasteiger partial charge on any atom is -0.497 e. The molecule has 4 aromatic rings. The Morgan fingerprint density at radius 2 is 1.47 bits per heavy atom. The first kappa shape index (κ1) is 33.9. The zero-order valence-corrected chi connectivity index (χ0v) is 26.4. The second-order valence-electron chi connectivity index (χ2n) is 9.84. The van der Waals surface area contributed by atoms with E-state index in [9.17, 15) is 28.1 Å². The number of carbonyl (C=O) groups is 2. The average molecular weight is 662 g/mol. The lowest BCUT2D eigenvalue weighted by Crippen LogP contribution is -2.39. The van der Waals surface area contributed by atoms with Gasteiger partial charge in [0.2, 0.25) is 0 Å². The number of nitro groups is 1. The Balaban J connectivity index is 1.39. The third kappa shape index (κ3) is 9.04. The lowest BCUT2D eigenvalue weighted by molar-refractivity contribution is -0.385. The van der Waals surface area contributed by atoms with Crippen LogP contribution in [0.25, 0.3) is 0 Å². The smallest absolute Gasteiger partial charge is 0.273 e. The van der Waals surface area contributed by atoms with Crippen LogP contribution in [0, 0.1) is 17.0 Å². The fraction of sp³-hybridized carbons (Fsp3) is 0.156. The lowest BCUT2D eigenvalue weighted by Gasteiger charge is -2.24. The zero-order chi connectivity index (χ0) is 34.0. The van der Waals surface area contributed by atoms with E-state index in [1.807, 2.05) is 0 Å². The summed E-state index contributed by atoms with van der Waals surface area (Å²) in [6.07, 6.45) is 1.34. The number of nitro benzene ring substituents is 1. The quantitative estimate of drug-likeness (QED) is 0.113. The number of anilines is 2. The van der Waals surface area contributed by atoms with E-state index in [2.05, 4.69) is 15.8 Å². The minimum atomic E-state index is -4.43. The SMILES string of the molecule is COc1ccc(NC(=O)COc2ccc(/C=N\NC(=O)CN(c3ccc(OC)cc3)S(=O)(=O)c3ccc(C)c([N+](=O)[O-])c3)cc2)cc1. The number of carbonyl (C=O) groups excluding carboxylic acids is 2. The predicted molar refractivity (Wildman–Crippen MR) is 175 cm³/mol. The van der Waals surface area contributed by atoms with Crippen LogP contribution in [0.3, 0.4) is 0 Å². The lowest BCUT2D eigenvalue weighted by atomic mass is 10.2. The largest absolute Gasteiger partial charge is 0.497 e. The van der Waals surface area contributed by atoms with Crippen molar-refractivity contribution in [2.45, 2.75) is 11.8 Å². The maximum atomic E-state index is 13.7. The normalized spacial score (nSPS) is 11.0. The van der Waals surface area contributed by atoms with Crippen LogP contribution in [0.15, 0.2) is 101 Å². The van der Waals surface area contributed by atoms with Crippen molar-refractivity contribution in [3.05, 3.63) is 112 Å². The molecular weight excluding hydrogens is 630 g/mol. The molecule has 0 aromatic heterocycles. The Hall–Kier alpha value is -5.96. The molecule has 0 heterocycles. The number of amides is 2. The number of methoxy groups -OCH3 is 2. The highest BCUT2D eigenvalue weighted by Gasteiger charge is 2.29. The van der Waals surface area contributed by atoms with Gasteiger partial charge >= 0.3 is 0 Å². The number of hydrazone groups is 1. The van der Waals surface area contributed by atoms with Gasteiger partial charge in [0.25, 0.3) is 27.5 Å². The highest BCUT2D eigenvalue weighted by molar-refractivity contribution is 7.92. The molecule has 0 bridgehead atoms. The van der Waals surface area contributed by atoms with Gasteiger partial charge in [0, 0.05) is 17.3 Å². The molecule has 4 rings (SSSR count). The number of nitrogens with zero attached hydrogens (tertiary/aromatic N) is 3. The Bertz CT molecular complexity index is 1860. The molecule has 0 aliphatic carbocycles. The molecule has 244 valence electrons. The Kier molecular flexibility index (Phi) is 11.1. The van der Waals surface area contributed by atoms with Crippen LogP contribution in [0.5, 0.6) is 17.2 Å². The van der Waals surface area contributed by atoms with Crippen LogP contribution in [-0.4, -0.2) is 58.7 Å². The summed E-state index contributed by atoms with van der Waals surface area (Å²) < 4.78 is 43.9. The van der Waals surface area contributed by atoms with Crippen LogP contribution in [0.4, 0.5) is 17.1 Å². The van der Waals surface area contributed by atoms with E-state index in [4.69, 9.17) is 14.2 Å². The van der Waals surface area contributed by atoms with E-state index < -0.39 is 27.4 Å². The molecule has 47 heavy (non-hydrogen) atoms. The first-order chi connectivity index (χ1) is 22.5. The molecule has 0 saturated heterocycles. The maximum absolute atomic E-state index is 13.7. The van der Waals surface area contributed by atoms with E-state index in [1.165, 1.54) is 56.6 Å². The fourth-order valence-electron chi connectivity index (χ4n) is 4.15. The standard InChI is InChI=1S/C32H31N5O9S/c1-22-4-17-29(18-30(22)37(40)41)47(42,43)36(25-9-15-27(45-3)16-10-25)20-31(38)35-33-19-23-5-11-28(12-6-23)46-21-32(39)34-24-7-13-26(44-2)14-8-24/h4-19H,20-21H2,1-3H3,(H,34,39)(H,35,38)/b33-19-. The molecule has 0 aliphatic rings. The Morgan fingerprint density at radius 1 is 0.872 bits per heavy atom. The molecule has 4 aromatic carbocycles. The van der Waals surface area contributed by atoms with Crippen molar-refractivity contribution in [3.63, 3.8) is 0 Å². The Morgan fingerprint density at radius 3 is 2.06 bits per heavy atom. The maximum Gasteiger partial charge on any atom is 0.273 e. The molecule has 0 spiro atoms. The average Bonchev–Trinajstić information content (AvgIpc) is 3.07. The summed E-state index contributed by atoms with van der Waals surface area (Å²) >= 11 is 0. The van der Waals surface area contributed by atoms with Gasteiger partial charge in [-0.05, 0) is 91.3 Å². The van der Waals surface area contributed by atoms with Gasteiger partial charge in [-0.15, -0.1) is 0 Å². The summed E-state index contributed by atoms with van der Waals surface area (Å²) in [5.74, 6) is 0.422. The molecule has 0 unspecified atom stereocenters. The summed E-state index contributed by atoms with van der Waals surface area (Å²) in [6, 6.07) is 22.8. The summed E-state index contributed by atoms with van der Waals surface area (Å²) in [6.45, 7) is 0.587. The van der Waals surface area contributed by atoms with E-state index in [1.54, 1.807) is 55.6 Å². The molecule has 14 nitrogen and oxygen atoms in total. The first-order valence-corrected chi connectivity index (χ1v) is 15.3. The molecule has 0 fully saturated rings. The third-order valence-electron chi connectivity index (χ3n) is 6.64. The van der Waals surface area contributed by atoms with Gasteiger partial charge in [0.15, 0.2) is 6.61 Å². The van der Waals surface area contributed by atoms with Crippen LogP contribution in [0.1, 0.15) is 11.1 Å². The second kappa shape index (κ2) is 15.4. The third-order valence-corrected chi connectivity index (χ3v) is 8.41. The molecule has 0 aliphatic heterocycles. The number of rotatable bonds is 14. The molecule has 0 radical (unpaired) electrons. The topological polar surface area (TPSA) is 179 Å². The van der Waals surface area contributed by atoms with E-state index >= 15 is 0 Å². The molecule has 2 amide bonds. The van der Waals surface area contributed by atoms with E-state index in [-0.39, 0.29) is 34.3 Å². The number of benzene rings is 4. The highest BCUT2D eigenvalue weighted by Crippen LogP contribution is 2.29. The predicted octanol–water partition coefficient (Wildman–Crippen LogP) is 4.28. The van der Waals surface area contributed by atoms with Crippen molar-refractivity contribution in [1.82, 2.24) is 5.43 Å². The van der Waals surface area contributed by atoms with Gasteiger partial charge in [-0.1, -0.05) is 6.07 Å². The van der Waals surface area contributed by atoms with Crippen molar-refractivity contribution in [3.8, 4) is 17.2 Å². The molecule has 15 heteroatoms. The van der Waals surface area contributed by atoms with E-state index in [0.717, 1.165) is 10.4 Å². The van der Waals surface area contributed by atoms with Crippen molar-refractivity contribution >= 4 is 45.1 Å². The van der Waals surface area contributed by atoms with Gasteiger partial charge < -0.3 is 19.5 Å². The summed E-state index contributed by atoms with van der Waals surface area (Å²) in [4.78, 5) is 35.5. The van der Waals surface area contributed by atoms with Gasteiger partial charge in [-0.25, -0.2) is 13.8 Å². The van der Waals surface area contributed by atoms with Crippen LogP contribution >= 0.6 is 0 Å².